The normalized spacial score (nSPS) is 23.7. The van der Waals surface area contributed by atoms with Crippen LogP contribution in [-0.2, 0) is 22.8 Å². The smallest absolute Gasteiger partial charge is 0.435 e. The Morgan fingerprint density at radius 1 is 1.12 bits per heavy atom. The largest absolute Gasteiger partial charge is 0.483 e. The molecule has 2 aliphatic carbocycles. The molecule has 4 atom stereocenters. The third-order valence-electron chi connectivity index (χ3n) is 9.54. The third kappa shape index (κ3) is 6.90. The van der Waals surface area contributed by atoms with Crippen molar-refractivity contribution >= 4 is 41.5 Å². The van der Waals surface area contributed by atoms with Crippen molar-refractivity contribution in [2.45, 2.75) is 43.4 Å². The van der Waals surface area contributed by atoms with Gasteiger partial charge in [-0.05, 0) is 44.1 Å². The number of carboxylic acid groups (broad SMARTS) is 1. The molecule has 0 spiro atoms. The number of imidazole rings is 1. The lowest BCUT2D eigenvalue weighted by Gasteiger charge is -2.28. The summed E-state index contributed by atoms with van der Waals surface area (Å²) in [5.41, 5.74) is -1.61. The van der Waals surface area contributed by atoms with Crippen molar-refractivity contribution in [3.63, 3.8) is 0 Å². The van der Waals surface area contributed by atoms with Crippen molar-refractivity contribution in [3.05, 3.63) is 52.7 Å². The average molecular weight is 727 g/mol. The summed E-state index contributed by atoms with van der Waals surface area (Å²) in [4.78, 5) is 53.1. The minimum Gasteiger partial charge on any atom is -0.483 e. The standard InChI is InChI=1S/C30H30ClF5N8O3.CH2O2/c1-42-21(19-13-44(22-9-29(22,32)33)41-24(19)30(34,35)36)10-38-25(42)27(46)39-15-2-3-16(20(31)8-15)26(45)40-23-17-11-43(12-18(17)23)28(47)14-4-6-37-7-5-14;2-1-3/h2-3,8,10,13-14,17-18,22-23,37H,4-7,9,11-12H2,1H3,(H,39,46)(H,40,45);1H,(H,2,3)/t17-,18+,22?,23+;. The number of piperidine rings is 2. The average Bonchev–Trinajstić information content (AvgIpc) is 3.55. The molecule has 19 heteroatoms. The van der Waals surface area contributed by atoms with Gasteiger partial charge in [0.05, 0.1) is 28.0 Å². The topological polar surface area (TPSA) is 163 Å². The number of benzene rings is 1. The summed E-state index contributed by atoms with van der Waals surface area (Å²) in [6.07, 6.45) is -1.96. The first-order valence-electron chi connectivity index (χ1n) is 15.7. The van der Waals surface area contributed by atoms with Crippen molar-refractivity contribution in [1.29, 1.82) is 0 Å². The second-order valence-corrected chi connectivity index (χ2v) is 13.1. The number of nitrogens with one attached hydrogen (secondary N) is 3. The highest BCUT2D eigenvalue weighted by Gasteiger charge is 2.60. The van der Waals surface area contributed by atoms with E-state index in [0.717, 1.165) is 42.9 Å². The number of alkyl halides is 5. The Kier molecular flexibility index (Phi) is 9.36. The molecular weight excluding hydrogens is 695 g/mol. The lowest BCUT2D eigenvalue weighted by molar-refractivity contribution is -0.141. The van der Waals surface area contributed by atoms with Crippen LogP contribution in [0.5, 0.6) is 0 Å². The van der Waals surface area contributed by atoms with E-state index in [1.54, 1.807) is 0 Å². The van der Waals surface area contributed by atoms with Crippen LogP contribution in [0.3, 0.4) is 0 Å². The number of carbonyl (C=O) groups excluding carboxylic acids is 3. The first-order valence-corrected chi connectivity index (χ1v) is 16.1. The summed E-state index contributed by atoms with van der Waals surface area (Å²) in [6.45, 7) is 2.66. The molecular formula is C31H32ClF5N8O5. The van der Waals surface area contributed by atoms with Crippen LogP contribution in [-0.4, -0.2) is 91.7 Å². The Morgan fingerprint density at radius 3 is 2.34 bits per heavy atom. The van der Waals surface area contributed by atoms with E-state index < -0.39 is 41.7 Å². The molecule has 0 bridgehead atoms. The number of likely N-dealkylation sites (tertiary alicyclic amines) is 1. The number of carbonyl (C=O) groups is 4. The van der Waals surface area contributed by atoms with Crippen LogP contribution in [0.1, 0.15) is 52.0 Å². The lowest BCUT2D eigenvalue weighted by atomic mass is 9.96. The lowest BCUT2D eigenvalue weighted by Crippen LogP contribution is -2.43. The number of halogens is 6. The number of amides is 3. The fourth-order valence-electron chi connectivity index (χ4n) is 6.75. The molecule has 1 aromatic carbocycles. The monoisotopic (exact) mass is 726 g/mol. The molecule has 4 N–H and O–H groups in total. The van der Waals surface area contributed by atoms with Crippen molar-refractivity contribution < 1.29 is 46.2 Å². The maximum Gasteiger partial charge on any atom is 0.435 e. The maximum atomic E-state index is 13.7. The van der Waals surface area contributed by atoms with Gasteiger partial charge in [0.2, 0.25) is 5.91 Å². The number of anilines is 1. The summed E-state index contributed by atoms with van der Waals surface area (Å²) in [6, 6.07) is 2.74. The summed E-state index contributed by atoms with van der Waals surface area (Å²) < 4.78 is 70.1. The molecule has 2 saturated heterocycles. The van der Waals surface area contributed by atoms with E-state index >= 15 is 0 Å². The summed E-state index contributed by atoms with van der Waals surface area (Å²) in [5.74, 6) is -3.94. The molecule has 13 nitrogen and oxygen atoms in total. The fraction of sp³-hybridized carbons (Fsp3) is 0.484. The van der Waals surface area contributed by atoms with Gasteiger partial charge >= 0.3 is 6.18 Å². The van der Waals surface area contributed by atoms with Crippen molar-refractivity contribution in [2.75, 3.05) is 31.5 Å². The van der Waals surface area contributed by atoms with Gasteiger partial charge in [0.25, 0.3) is 24.2 Å². The van der Waals surface area contributed by atoms with Crippen molar-refractivity contribution in [2.24, 2.45) is 24.8 Å². The molecule has 50 heavy (non-hydrogen) atoms. The van der Waals surface area contributed by atoms with Crippen LogP contribution in [0.4, 0.5) is 27.6 Å². The van der Waals surface area contributed by atoms with Crippen LogP contribution < -0.4 is 16.0 Å². The zero-order valence-electron chi connectivity index (χ0n) is 26.4. The first-order chi connectivity index (χ1) is 23.6. The number of rotatable bonds is 7. The van der Waals surface area contributed by atoms with E-state index in [-0.39, 0.29) is 69.9 Å². The Balaban J connectivity index is 0.00000139. The predicted octanol–water partition coefficient (Wildman–Crippen LogP) is 3.68. The number of fused-ring (bicyclic) bond motifs is 1. The molecule has 2 aliphatic heterocycles. The number of hydrogen-bond acceptors (Lipinski definition) is 7. The maximum absolute atomic E-state index is 13.7. The number of aromatic nitrogens is 4. The molecule has 4 fully saturated rings. The highest BCUT2D eigenvalue weighted by atomic mass is 35.5. The number of hydrogen-bond donors (Lipinski definition) is 4. The highest BCUT2D eigenvalue weighted by Crippen LogP contribution is 2.53. The third-order valence-corrected chi connectivity index (χ3v) is 9.86. The molecule has 1 unspecified atom stereocenters. The van der Waals surface area contributed by atoms with Gasteiger partial charge in [-0.2, -0.15) is 18.3 Å². The van der Waals surface area contributed by atoms with E-state index in [2.05, 4.69) is 26.0 Å². The first kappa shape index (κ1) is 35.3. The van der Waals surface area contributed by atoms with Crippen LogP contribution in [0.15, 0.2) is 30.6 Å². The fourth-order valence-corrected chi connectivity index (χ4v) is 7.01. The quantitative estimate of drug-likeness (QED) is 0.212. The molecule has 0 radical (unpaired) electrons. The second-order valence-electron chi connectivity index (χ2n) is 12.7. The molecule has 4 aliphatic rings. The van der Waals surface area contributed by atoms with Gasteiger partial charge < -0.3 is 30.5 Å². The van der Waals surface area contributed by atoms with E-state index in [9.17, 15) is 36.3 Å². The van der Waals surface area contributed by atoms with Crippen LogP contribution in [0, 0.1) is 17.8 Å². The van der Waals surface area contributed by atoms with E-state index in [1.165, 1.54) is 25.2 Å². The minimum absolute atomic E-state index is 0.0525. The Hall–Kier alpha value is -4.58. The summed E-state index contributed by atoms with van der Waals surface area (Å²) >= 11 is 6.40. The van der Waals surface area contributed by atoms with Gasteiger partial charge in [-0.25, -0.2) is 13.8 Å². The zero-order chi connectivity index (χ0) is 36.1. The second kappa shape index (κ2) is 13.3. The molecule has 3 aromatic rings. The molecule has 2 aromatic heterocycles. The van der Waals surface area contributed by atoms with Gasteiger partial charge in [0.15, 0.2) is 11.5 Å². The van der Waals surface area contributed by atoms with Gasteiger partial charge in [0, 0.05) is 62.2 Å². The highest BCUT2D eigenvalue weighted by molar-refractivity contribution is 6.34. The summed E-state index contributed by atoms with van der Waals surface area (Å²) in [7, 11) is 1.32. The molecule has 268 valence electrons. The van der Waals surface area contributed by atoms with E-state index in [4.69, 9.17) is 21.5 Å². The van der Waals surface area contributed by atoms with Gasteiger partial charge in [-0.1, -0.05) is 11.6 Å². The zero-order valence-corrected chi connectivity index (χ0v) is 27.1. The Bertz CT molecular complexity index is 1810. The van der Waals surface area contributed by atoms with Gasteiger partial charge in [-0.15, -0.1) is 0 Å². The van der Waals surface area contributed by atoms with Crippen LogP contribution in [0.25, 0.3) is 11.3 Å². The van der Waals surface area contributed by atoms with Crippen molar-refractivity contribution in [3.8, 4) is 11.3 Å². The molecule has 3 amide bonds. The van der Waals surface area contributed by atoms with Gasteiger partial charge in [0.1, 0.15) is 6.04 Å². The molecule has 4 heterocycles. The minimum atomic E-state index is -4.94. The summed E-state index contributed by atoms with van der Waals surface area (Å²) in [5, 5.41) is 19.2. The Morgan fingerprint density at radius 2 is 1.76 bits per heavy atom. The van der Waals surface area contributed by atoms with E-state index in [1.807, 2.05) is 4.90 Å². The van der Waals surface area contributed by atoms with Crippen molar-refractivity contribution in [1.82, 2.24) is 34.9 Å². The van der Waals surface area contributed by atoms with Crippen LogP contribution in [0.2, 0.25) is 5.02 Å². The predicted molar refractivity (Wildman–Crippen MR) is 167 cm³/mol. The van der Waals surface area contributed by atoms with E-state index in [0.29, 0.717) is 17.8 Å². The van der Waals surface area contributed by atoms with Gasteiger partial charge in [-0.3, -0.25) is 23.9 Å². The Labute approximate surface area is 286 Å². The SMILES string of the molecule is Cn1c(-c2cn(C3CC3(F)F)nc2C(F)(F)F)cnc1C(=O)Nc1ccc(C(=O)N[C@H]2[C@@H]3CN(C(=O)C4CCNCC4)C[C@@H]32)c(Cl)c1.O=CO. The van der Waals surface area contributed by atoms with Crippen LogP contribution >= 0.6 is 11.6 Å². The molecule has 2 saturated carbocycles. The molecule has 7 rings (SSSR count). The number of nitrogens with zero attached hydrogens (tertiary/aromatic N) is 5.